The van der Waals surface area contributed by atoms with Gasteiger partial charge < -0.3 is 10.2 Å². The topological polar surface area (TPSA) is 53.9 Å². The highest BCUT2D eigenvalue weighted by Crippen LogP contribution is 2.26. The third-order valence-electron chi connectivity index (χ3n) is 4.86. The summed E-state index contributed by atoms with van der Waals surface area (Å²) in [6, 6.07) is 14.1. The summed E-state index contributed by atoms with van der Waals surface area (Å²) in [6.07, 6.45) is 5.77. The van der Waals surface area contributed by atoms with Crippen LogP contribution in [0, 0.1) is 0 Å². The largest absolute Gasteiger partial charge is 0.367 e. The lowest BCUT2D eigenvalue weighted by molar-refractivity contribution is 0.263. The summed E-state index contributed by atoms with van der Waals surface area (Å²) >= 11 is 6.04. The van der Waals surface area contributed by atoms with E-state index in [2.05, 4.69) is 22.2 Å². The summed E-state index contributed by atoms with van der Waals surface area (Å²) in [5.74, 6) is 1.52. The molecule has 1 aliphatic rings. The van der Waals surface area contributed by atoms with Crippen LogP contribution in [0.2, 0.25) is 5.02 Å². The summed E-state index contributed by atoms with van der Waals surface area (Å²) in [5, 5.41) is 4.32. The summed E-state index contributed by atoms with van der Waals surface area (Å²) < 4.78 is 0. The number of anilines is 1. The van der Waals surface area contributed by atoms with E-state index in [-0.39, 0.29) is 0 Å². The zero-order valence-corrected chi connectivity index (χ0v) is 16.0. The van der Waals surface area contributed by atoms with Crippen molar-refractivity contribution < 1.29 is 0 Å². The SMILES string of the molecule is CN1CCC(Nc2cc(-c3ccc(Cl)cc3)nc(-c3cccnc3)n2)CC1. The minimum absolute atomic E-state index is 0.427. The Kier molecular flexibility index (Phi) is 5.32. The van der Waals surface area contributed by atoms with E-state index >= 15 is 0 Å². The van der Waals surface area contributed by atoms with Crippen LogP contribution in [0.25, 0.3) is 22.6 Å². The number of aromatic nitrogens is 3. The summed E-state index contributed by atoms with van der Waals surface area (Å²) in [5.41, 5.74) is 2.79. The molecule has 0 bridgehead atoms. The van der Waals surface area contributed by atoms with Gasteiger partial charge in [0.2, 0.25) is 0 Å². The van der Waals surface area contributed by atoms with Crippen LogP contribution in [0.3, 0.4) is 0 Å². The number of nitrogens with one attached hydrogen (secondary N) is 1. The Morgan fingerprint density at radius 3 is 2.52 bits per heavy atom. The minimum atomic E-state index is 0.427. The first kappa shape index (κ1) is 17.9. The Morgan fingerprint density at radius 2 is 1.81 bits per heavy atom. The van der Waals surface area contributed by atoms with Crippen LogP contribution in [0.5, 0.6) is 0 Å². The molecule has 2 aromatic heterocycles. The van der Waals surface area contributed by atoms with Gasteiger partial charge in [0, 0.05) is 40.7 Å². The van der Waals surface area contributed by atoms with Gasteiger partial charge >= 0.3 is 0 Å². The van der Waals surface area contributed by atoms with Crippen molar-refractivity contribution in [3.8, 4) is 22.6 Å². The van der Waals surface area contributed by atoms with Gasteiger partial charge in [-0.15, -0.1) is 0 Å². The van der Waals surface area contributed by atoms with Crippen molar-refractivity contribution in [3.63, 3.8) is 0 Å². The number of benzene rings is 1. The lowest BCUT2D eigenvalue weighted by atomic mass is 10.1. The lowest BCUT2D eigenvalue weighted by Crippen LogP contribution is -2.36. The first-order chi connectivity index (χ1) is 13.2. The van der Waals surface area contributed by atoms with Gasteiger partial charge in [0.25, 0.3) is 0 Å². The van der Waals surface area contributed by atoms with Crippen molar-refractivity contribution in [1.82, 2.24) is 19.9 Å². The second-order valence-electron chi connectivity index (χ2n) is 6.93. The Balaban J connectivity index is 1.69. The van der Waals surface area contributed by atoms with E-state index in [0.717, 1.165) is 48.6 Å². The van der Waals surface area contributed by atoms with E-state index in [9.17, 15) is 0 Å². The highest BCUT2D eigenvalue weighted by molar-refractivity contribution is 6.30. The fraction of sp³-hybridized carbons (Fsp3) is 0.286. The van der Waals surface area contributed by atoms with Crippen LogP contribution in [-0.2, 0) is 0 Å². The van der Waals surface area contributed by atoms with E-state index in [0.29, 0.717) is 16.9 Å². The first-order valence-electron chi connectivity index (χ1n) is 9.18. The highest BCUT2D eigenvalue weighted by Gasteiger charge is 2.18. The van der Waals surface area contributed by atoms with Crippen LogP contribution in [0.4, 0.5) is 5.82 Å². The quantitative estimate of drug-likeness (QED) is 0.729. The number of rotatable bonds is 4. The molecule has 5 nitrogen and oxygen atoms in total. The predicted octanol–water partition coefficient (Wildman–Crippen LogP) is 4.37. The van der Waals surface area contributed by atoms with E-state index in [1.54, 1.807) is 12.4 Å². The maximum atomic E-state index is 6.04. The van der Waals surface area contributed by atoms with Crippen molar-refractivity contribution in [3.05, 3.63) is 59.9 Å². The van der Waals surface area contributed by atoms with Crippen molar-refractivity contribution in [2.45, 2.75) is 18.9 Å². The monoisotopic (exact) mass is 379 g/mol. The normalized spacial score (nSPS) is 15.6. The Labute approximate surface area is 164 Å². The second-order valence-corrected chi connectivity index (χ2v) is 7.37. The Hall–Kier alpha value is -2.50. The van der Waals surface area contributed by atoms with Crippen molar-refractivity contribution in [1.29, 1.82) is 0 Å². The van der Waals surface area contributed by atoms with E-state index in [1.165, 1.54) is 0 Å². The average molecular weight is 380 g/mol. The maximum Gasteiger partial charge on any atom is 0.163 e. The molecule has 138 valence electrons. The molecule has 0 radical (unpaired) electrons. The van der Waals surface area contributed by atoms with Crippen LogP contribution < -0.4 is 5.32 Å². The number of hydrogen-bond acceptors (Lipinski definition) is 5. The molecule has 0 atom stereocenters. The average Bonchev–Trinajstić information content (AvgIpc) is 2.71. The smallest absolute Gasteiger partial charge is 0.163 e. The molecular formula is C21H22ClN5. The number of nitrogens with zero attached hydrogens (tertiary/aromatic N) is 4. The highest BCUT2D eigenvalue weighted by atomic mass is 35.5. The van der Waals surface area contributed by atoms with Gasteiger partial charge in [0.1, 0.15) is 5.82 Å². The predicted molar refractivity (Wildman–Crippen MR) is 110 cm³/mol. The zero-order valence-electron chi connectivity index (χ0n) is 15.3. The van der Waals surface area contributed by atoms with Gasteiger partial charge in [-0.05, 0) is 57.2 Å². The molecule has 1 saturated heterocycles. The second kappa shape index (κ2) is 8.03. The molecule has 4 rings (SSSR count). The molecule has 1 N–H and O–H groups in total. The van der Waals surface area contributed by atoms with Crippen LogP contribution in [0.15, 0.2) is 54.9 Å². The van der Waals surface area contributed by atoms with E-state index < -0.39 is 0 Å². The lowest BCUT2D eigenvalue weighted by Gasteiger charge is -2.29. The fourth-order valence-corrected chi connectivity index (χ4v) is 3.40. The molecule has 6 heteroatoms. The molecule has 3 aromatic rings. The minimum Gasteiger partial charge on any atom is -0.367 e. The summed E-state index contributed by atoms with van der Waals surface area (Å²) in [4.78, 5) is 16.1. The van der Waals surface area contributed by atoms with Crippen molar-refractivity contribution >= 4 is 17.4 Å². The van der Waals surface area contributed by atoms with Gasteiger partial charge in [0.05, 0.1) is 5.69 Å². The summed E-state index contributed by atoms with van der Waals surface area (Å²) in [6.45, 7) is 2.20. The van der Waals surface area contributed by atoms with Crippen molar-refractivity contribution in [2.24, 2.45) is 0 Å². The fourth-order valence-electron chi connectivity index (χ4n) is 3.28. The third kappa shape index (κ3) is 4.43. The molecular weight excluding hydrogens is 358 g/mol. The molecule has 1 fully saturated rings. The van der Waals surface area contributed by atoms with Crippen LogP contribution in [-0.4, -0.2) is 46.0 Å². The Bertz CT molecular complexity index is 890. The molecule has 0 unspecified atom stereocenters. The van der Waals surface area contributed by atoms with Gasteiger partial charge in [-0.2, -0.15) is 0 Å². The number of piperidine rings is 1. The van der Waals surface area contributed by atoms with Crippen LogP contribution >= 0.6 is 11.6 Å². The maximum absolute atomic E-state index is 6.04. The molecule has 0 amide bonds. The van der Waals surface area contributed by atoms with Crippen LogP contribution in [0.1, 0.15) is 12.8 Å². The molecule has 0 saturated carbocycles. The number of hydrogen-bond donors (Lipinski definition) is 1. The summed E-state index contributed by atoms with van der Waals surface area (Å²) in [7, 11) is 2.17. The number of halogens is 1. The van der Waals surface area contributed by atoms with Gasteiger partial charge in [0.15, 0.2) is 5.82 Å². The molecule has 27 heavy (non-hydrogen) atoms. The third-order valence-corrected chi connectivity index (χ3v) is 5.11. The molecule has 1 aliphatic heterocycles. The van der Waals surface area contributed by atoms with Gasteiger partial charge in [-0.25, -0.2) is 9.97 Å². The van der Waals surface area contributed by atoms with Crippen molar-refractivity contribution in [2.75, 3.05) is 25.5 Å². The number of pyridine rings is 1. The number of likely N-dealkylation sites (tertiary alicyclic amines) is 1. The first-order valence-corrected chi connectivity index (χ1v) is 9.56. The zero-order chi connectivity index (χ0) is 18.6. The standard InChI is InChI=1S/C21H22ClN5/c1-27-11-8-18(9-12-27)24-20-13-19(15-4-6-17(22)7-5-15)25-21(26-20)16-3-2-10-23-14-16/h2-7,10,13-14,18H,8-9,11-12H2,1H3,(H,24,25,26). The Morgan fingerprint density at radius 1 is 1.04 bits per heavy atom. The van der Waals surface area contributed by atoms with Gasteiger partial charge in [-0.1, -0.05) is 23.7 Å². The molecule has 3 heterocycles. The molecule has 0 aliphatic carbocycles. The van der Waals surface area contributed by atoms with E-state index in [1.807, 2.05) is 42.5 Å². The van der Waals surface area contributed by atoms with E-state index in [4.69, 9.17) is 21.6 Å². The molecule has 0 spiro atoms. The van der Waals surface area contributed by atoms with Gasteiger partial charge in [-0.3, -0.25) is 4.98 Å². The molecule has 1 aromatic carbocycles.